The van der Waals surface area contributed by atoms with Gasteiger partial charge >= 0.3 is 11.8 Å². The van der Waals surface area contributed by atoms with E-state index in [9.17, 15) is 9.59 Å². The van der Waals surface area contributed by atoms with E-state index >= 15 is 0 Å². The summed E-state index contributed by atoms with van der Waals surface area (Å²) < 4.78 is 0. The number of aliphatic hydroxyl groups excluding tert-OH is 1. The topological polar surface area (TPSA) is 78.4 Å². The molecule has 1 aromatic rings. The van der Waals surface area contributed by atoms with Crippen LogP contribution in [0, 0.1) is 12.3 Å². The maximum absolute atomic E-state index is 11.5. The molecule has 5 heteroatoms. The summed E-state index contributed by atoms with van der Waals surface area (Å²) in [6, 6.07) is 6.13. The van der Waals surface area contributed by atoms with E-state index in [1.54, 1.807) is 31.2 Å². The first-order valence-corrected chi connectivity index (χ1v) is 5.36. The molecule has 0 saturated heterocycles. The van der Waals surface area contributed by atoms with E-state index < -0.39 is 17.9 Å². The smallest absolute Gasteiger partial charge is 0.313 e. The van der Waals surface area contributed by atoms with Crippen LogP contribution in [0.4, 0.5) is 5.69 Å². The molecule has 1 atom stereocenters. The fraction of sp³-hybridized carbons (Fsp3) is 0.231. The van der Waals surface area contributed by atoms with Gasteiger partial charge in [-0.15, -0.1) is 6.42 Å². The highest BCUT2D eigenvalue weighted by atomic mass is 16.3. The Hall–Kier alpha value is -2.32. The molecule has 0 aromatic heterocycles. The second kappa shape index (κ2) is 6.42. The molecule has 2 amide bonds. The van der Waals surface area contributed by atoms with Crippen molar-refractivity contribution in [1.29, 1.82) is 0 Å². The van der Waals surface area contributed by atoms with Crippen LogP contribution >= 0.6 is 0 Å². The van der Waals surface area contributed by atoms with Crippen molar-refractivity contribution in [2.45, 2.75) is 13.0 Å². The summed E-state index contributed by atoms with van der Waals surface area (Å²) in [5, 5.41) is 13.5. The Morgan fingerprint density at radius 1 is 1.44 bits per heavy atom. The Balaban J connectivity index is 2.64. The highest BCUT2D eigenvalue weighted by molar-refractivity contribution is 6.39. The molecular formula is C13H14N2O3. The van der Waals surface area contributed by atoms with Gasteiger partial charge in [0.25, 0.3) is 0 Å². The van der Waals surface area contributed by atoms with E-state index in [2.05, 4.69) is 16.6 Å². The van der Waals surface area contributed by atoms with Crippen LogP contribution in [0.25, 0.3) is 0 Å². The Morgan fingerprint density at radius 3 is 2.78 bits per heavy atom. The molecule has 0 bridgehead atoms. The maximum Gasteiger partial charge on any atom is 0.313 e. The van der Waals surface area contributed by atoms with E-state index in [1.807, 2.05) is 0 Å². The molecular weight excluding hydrogens is 232 g/mol. The van der Waals surface area contributed by atoms with Gasteiger partial charge in [-0.3, -0.25) is 9.59 Å². The Morgan fingerprint density at radius 2 is 2.17 bits per heavy atom. The number of carbonyl (C=O) groups is 2. The first kappa shape index (κ1) is 13.7. The van der Waals surface area contributed by atoms with Gasteiger partial charge in [-0.05, 0) is 25.1 Å². The van der Waals surface area contributed by atoms with Gasteiger partial charge in [0.15, 0.2) is 0 Å². The van der Waals surface area contributed by atoms with Gasteiger partial charge in [0, 0.05) is 17.3 Å². The van der Waals surface area contributed by atoms with Crippen molar-refractivity contribution in [1.82, 2.24) is 5.32 Å². The minimum atomic E-state index is -0.803. The van der Waals surface area contributed by atoms with Crippen LogP contribution in [-0.4, -0.2) is 29.6 Å². The minimum Gasteiger partial charge on any atom is -0.394 e. The molecule has 5 nitrogen and oxygen atoms in total. The molecule has 0 spiro atoms. The zero-order valence-corrected chi connectivity index (χ0v) is 9.93. The molecule has 1 aromatic carbocycles. The number of aliphatic hydroxyl groups is 1. The van der Waals surface area contributed by atoms with Crippen LogP contribution in [0.15, 0.2) is 24.3 Å². The van der Waals surface area contributed by atoms with Crippen molar-refractivity contribution in [2.24, 2.45) is 0 Å². The van der Waals surface area contributed by atoms with Crippen LogP contribution in [0.3, 0.4) is 0 Å². The standard InChI is InChI=1S/C13H14N2O3/c1-3-10-5-4-6-11(7-10)15-13(18)12(17)14-9(2)8-16/h1,4-7,9,16H,8H2,2H3,(H,14,17)(H,15,18). The van der Waals surface area contributed by atoms with Gasteiger partial charge in [0.05, 0.1) is 6.61 Å². The molecule has 1 rings (SSSR count). The fourth-order valence-corrected chi connectivity index (χ4v) is 1.21. The van der Waals surface area contributed by atoms with E-state index in [1.165, 1.54) is 0 Å². The van der Waals surface area contributed by atoms with Crippen LogP contribution in [-0.2, 0) is 9.59 Å². The number of terminal acetylenes is 1. The van der Waals surface area contributed by atoms with Crippen molar-refractivity contribution in [3.63, 3.8) is 0 Å². The van der Waals surface area contributed by atoms with Gasteiger partial charge in [-0.2, -0.15) is 0 Å². The summed E-state index contributed by atoms with van der Waals surface area (Å²) in [7, 11) is 0. The average Bonchev–Trinajstić information content (AvgIpc) is 2.38. The van der Waals surface area contributed by atoms with Crippen LogP contribution in [0.5, 0.6) is 0 Å². The highest BCUT2D eigenvalue weighted by Crippen LogP contribution is 2.09. The predicted molar refractivity (Wildman–Crippen MR) is 67.7 cm³/mol. The first-order valence-electron chi connectivity index (χ1n) is 5.36. The third-order valence-electron chi connectivity index (χ3n) is 2.14. The number of amides is 2. The molecule has 0 fully saturated rings. The Kier molecular flexibility index (Phi) is 4.90. The quantitative estimate of drug-likeness (QED) is 0.523. The fourth-order valence-electron chi connectivity index (χ4n) is 1.21. The first-order chi connectivity index (χ1) is 8.56. The summed E-state index contributed by atoms with van der Waals surface area (Å²) >= 11 is 0. The highest BCUT2D eigenvalue weighted by Gasteiger charge is 2.15. The number of carbonyl (C=O) groups excluding carboxylic acids is 2. The summed E-state index contributed by atoms with van der Waals surface area (Å²) in [5.41, 5.74) is 1.05. The zero-order chi connectivity index (χ0) is 13.5. The van der Waals surface area contributed by atoms with Crippen LogP contribution in [0.2, 0.25) is 0 Å². The summed E-state index contributed by atoms with van der Waals surface area (Å²) in [5.74, 6) is 0.822. The number of anilines is 1. The summed E-state index contributed by atoms with van der Waals surface area (Å²) in [6.45, 7) is 1.36. The molecule has 0 aliphatic carbocycles. The number of rotatable bonds is 3. The number of benzene rings is 1. The average molecular weight is 246 g/mol. The Bertz CT molecular complexity index is 491. The molecule has 94 valence electrons. The van der Waals surface area contributed by atoms with Gasteiger partial charge < -0.3 is 15.7 Å². The third kappa shape index (κ3) is 3.92. The van der Waals surface area contributed by atoms with Crippen molar-refractivity contribution in [3.8, 4) is 12.3 Å². The lowest BCUT2D eigenvalue weighted by atomic mass is 10.2. The molecule has 18 heavy (non-hydrogen) atoms. The number of hydrogen-bond donors (Lipinski definition) is 3. The second-order valence-corrected chi connectivity index (χ2v) is 3.74. The van der Waals surface area contributed by atoms with E-state index in [-0.39, 0.29) is 6.61 Å². The molecule has 0 saturated carbocycles. The lowest BCUT2D eigenvalue weighted by Crippen LogP contribution is -2.42. The van der Waals surface area contributed by atoms with Crippen LogP contribution < -0.4 is 10.6 Å². The zero-order valence-electron chi connectivity index (χ0n) is 9.93. The second-order valence-electron chi connectivity index (χ2n) is 3.74. The monoisotopic (exact) mass is 246 g/mol. The molecule has 0 heterocycles. The number of hydrogen-bond acceptors (Lipinski definition) is 3. The van der Waals surface area contributed by atoms with E-state index in [0.717, 1.165) is 0 Å². The lowest BCUT2D eigenvalue weighted by molar-refractivity contribution is -0.136. The lowest BCUT2D eigenvalue weighted by Gasteiger charge is -2.10. The summed E-state index contributed by atoms with van der Waals surface area (Å²) in [6.07, 6.45) is 5.22. The van der Waals surface area contributed by atoms with Crippen molar-refractivity contribution < 1.29 is 14.7 Å². The molecule has 1 unspecified atom stereocenters. The molecule has 0 radical (unpaired) electrons. The van der Waals surface area contributed by atoms with Gasteiger partial charge in [-0.25, -0.2) is 0 Å². The summed E-state index contributed by atoms with van der Waals surface area (Å²) in [4.78, 5) is 22.9. The molecule has 0 aliphatic rings. The minimum absolute atomic E-state index is 0.231. The van der Waals surface area contributed by atoms with Crippen LogP contribution in [0.1, 0.15) is 12.5 Å². The number of nitrogens with one attached hydrogen (secondary N) is 2. The Labute approximate surface area is 105 Å². The van der Waals surface area contributed by atoms with Gasteiger partial charge in [0.2, 0.25) is 0 Å². The molecule has 0 aliphatic heterocycles. The van der Waals surface area contributed by atoms with Crippen molar-refractivity contribution in [2.75, 3.05) is 11.9 Å². The van der Waals surface area contributed by atoms with Gasteiger partial charge in [-0.1, -0.05) is 12.0 Å². The normalized spacial score (nSPS) is 11.2. The SMILES string of the molecule is C#Cc1cccc(NC(=O)C(=O)NC(C)CO)c1. The van der Waals surface area contributed by atoms with Crippen molar-refractivity contribution >= 4 is 17.5 Å². The maximum atomic E-state index is 11.5. The largest absolute Gasteiger partial charge is 0.394 e. The van der Waals surface area contributed by atoms with Gasteiger partial charge in [0.1, 0.15) is 0 Å². The third-order valence-corrected chi connectivity index (χ3v) is 2.14. The van der Waals surface area contributed by atoms with Crippen molar-refractivity contribution in [3.05, 3.63) is 29.8 Å². The van der Waals surface area contributed by atoms with E-state index in [4.69, 9.17) is 11.5 Å². The molecule has 3 N–H and O–H groups in total. The van der Waals surface area contributed by atoms with E-state index in [0.29, 0.717) is 11.3 Å². The predicted octanol–water partition coefficient (Wildman–Crippen LogP) is 0.103.